The first-order chi connectivity index (χ1) is 13.4. The van der Waals surface area contributed by atoms with E-state index in [1.807, 2.05) is 32.2 Å². The molecule has 0 saturated carbocycles. The van der Waals surface area contributed by atoms with E-state index >= 15 is 0 Å². The molecular weight excluding hydrogens is 357 g/mol. The van der Waals surface area contributed by atoms with Gasteiger partial charge in [-0.15, -0.1) is 0 Å². The van der Waals surface area contributed by atoms with Crippen molar-refractivity contribution in [3.8, 4) is 0 Å². The standard InChI is InChI=1S/C22H26FN3O2/c1-15(24-22(28)13-25(2)14-27)26(3)21-12-18-11-19(23)9-8-16(18)10-17-6-4-5-7-20(17)21/h4-9,11,14-15,21H,10,12-13H2,1-3H3,(H,24,28)/t15-,21+/m1/s1. The monoisotopic (exact) mass is 383 g/mol. The van der Waals surface area contributed by atoms with Gasteiger partial charge in [-0.1, -0.05) is 30.3 Å². The Morgan fingerprint density at radius 3 is 2.71 bits per heavy atom. The molecule has 0 fully saturated rings. The van der Waals surface area contributed by atoms with Crippen molar-refractivity contribution in [1.29, 1.82) is 0 Å². The van der Waals surface area contributed by atoms with E-state index in [1.165, 1.54) is 22.1 Å². The van der Waals surface area contributed by atoms with Crippen molar-refractivity contribution >= 4 is 12.3 Å². The maximum atomic E-state index is 13.9. The predicted octanol–water partition coefficient (Wildman–Crippen LogP) is 2.50. The highest BCUT2D eigenvalue weighted by atomic mass is 19.1. The van der Waals surface area contributed by atoms with Crippen LogP contribution in [0, 0.1) is 5.82 Å². The molecular formula is C22H26FN3O2. The number of fused-ring (bicyclic) bond motifs is 2. The van der Waals surface area contributed by atoms with Crippen molar-refractivity contribution in [1.82, 2.24) is 15.1 Å². The van der Waals surface area contributed by atoms with Crippen LogP contribution >= 0.6 is 0 Å². The van der Waals surface area contributed by atoms with Crippen LogP contribution in [0.15, 0.2) is 42.5 Å². The van der Waals surface area contributed by atoms with E-state index in [9.17, 15) is 14.0 Å². The second-order valence-corrected chi connectivity index (χ2v) is 7.44. The van der Waals surface area contributed by atoms with Crippen LogP contribution in [-0.4, -0.2) is 48.9 Å². The number of carbonyl (C=O) groups excluding carboxylic acids is 2. The Bertz CT molecular complexity index is 871. The van der Waals surface area contributed by atoms with Gasteiger partial charge in [0.25, 0.3) is 0 Å². The SMILES string of the molecule is C[C@H](NC(=O)CN(C)C=O)N(C)[C@H]1Cc2cc(F)ccc2Cc2ccccc21. The lowest BCUT2D eigenvalue weighted by atomic mass is 9.96. The van der Waals surface area contributed by atoms with Crippen LogP contribution < -0.4 is 5.32 Å². The molecule has 0 radical (unpaired) electrons. The molecule has 0 aliphatic heterocycles. The molecule has 6 heteroatoms. The molecule has 1 aliphatic rings. The summed E-state index contributed by atoms with van der Waals surface area (Å²) in [5, 5.41) is 2.94. The van der Waals surface area contributed by atoms with Crippen molar-refractivity contribution in [2.24, 2.45) is 0 Å². The van der Waals surface area contributed by atoms with Gasteiger partial charge in [-0.05, 0) is 61.2 Å². The Balaban J connectivity index is 1.86. The molecule has 1 aliphatic carbocycles. The normalized spacial score (nSPS) is 16.5. The summed E-state index contributed by atoms with van der Waals surface area (Å²) in [7, 11) is 3.52. The number of rotatable bonds is 6. The Kier molecular flexibility index (Phi) is 6.09. The summed E-state index contributed by atoms with van der Waals surface area (Å²) in [4.78, 5) is 26.3. The summed E-state index contributed by atoms with van der Waals surface area (Å²) in [5.41, 5.74) is 4.53. The summed E-state index contributed by atoms with van der Waals surface area (Å²) in [6.45, 7) is 1.93. The summed E-state index contributed by atoms with van der Waals surface area (Å²) >= 11 is 0. The summed E-state index contributed by atoms with van der Waals surface area (Å²) in [6.07, 6.45) is 1.80. The third kappa shape index (κ3) is 4.39. The molecule has 2 atom stereocenters. The minimum atomic E-state index is -0.249. The van der Waals surface area contributed by atoms with Gasteiger partial charge in [-0.3, -0.25) is 14.5 Å². The number of carbonyl (C=O) groups is 2. The van der Waals surface area contributed by atoms with E-state index in [4.69, 9.17) is 0 Å². The fourth-order valence-corrected chi connectivity index (χ4v) is 3.78. The average molecular weight is 383 g/mol. The van der Waals surface area contributed by atoms with Crippen molar-refractivity contribution in [3.63, 3.8) is 0 Å². The van der Waals surface area contributed by atoms with Gasteiger partial charge in [0.1, 0.15) is 5.82 Å². The van der Waals surface area contributed by atoms with Gasteiger partial charge in [0.15, 0.2) is 0 Å². The Morgan fingerprint density at radius 1 is 1.21 bits per heavy atom. The molecule has 2 aromatic rings. The Hall–Kier alpha value is -2.73. The van der Waals surface area contributed by atoms with Crippen molar-refractivity contribution in [3.05, 3.63) is 70.5 Å². The summed E-state index contributed by atoms with van der Waals surface area (Å²) in [6, 6.07) is 13.2. The van der Waals surface area contributed by atoms with Gasteiger partial charge >= 0.3 is 0 Å². The summed E-state index contributed by atoms with van der Waals surface area (Å²) < 4.78 is 13.9. The molecule has 0 heterocycles. The average Bonchev–Trinajstić information content (AvgIpc) is 2.83. The number of benzene rings is 2. The molecule has 3 rings (SSSR count). The first kappa shape index (κ1) is 20.0. The largest absolute Gasteiger partial charge is 0.339 e. The zero-order valence-corrected chi connectivity index (χ0v) is 16.5. The maximum absolute atomic E-state index is 13.9. The van der Waals surface area contributed by atoms with E-state index < -0.39 is 0 Å². The first-order valence-electron chi connectivity index (χ1n) is 9.41. The van der Waals surface area contributed by atoms with E-state index in [2.05, 4.69) is 22.3 Å². The fourth-order valence-electron chi connectivity index (χ4n) is 3.78. The molecule has 2 amide bonds. The van der Waals surface area contributed by atoms with Gasteiger partial charge in [0.2, 0.25) is 12.3 Å². The zero-order valence-electron chi connectivity index (χ0n) is 16.5. The molecule has 148 valence electrons. The molecule has 5 nitrogen and oxygen atoms in total. The van der Waals surface area contributed by atoms with Crippen molar-refractivity contribution in [2.45, 2.75) is 32.0 Å². The molecule has 0 spiro atoms. The van der Waals surface area contributed by atoms with Crippen LogP contribution in [0.25, 0.3) is 0 Å². The lowest BCUT2D eigenvalue weighted by Gasteiger charge is -2.34. The molecule has 0 saturated heterocycles. The van der Waals surface area contributed by atoms with E-state index in [0.29, 0.717) is 12.8 Å². The predicted molar refractivity (Wildman–Crippen MR) is 106 cm³/mol. The quantitative estimate of drug-likeness (QED) is 0.616. The third-order valence-electron chi connectivity index (χ3n) is 5.42. The molecule has 0 unspecified atom stereocenters. The maximum Gasteiger partial charge on any atom is 0.240 e. The lowest BCUT2D eigenvalue weighted by Crippen LogP contribution is -2.48. The molecule has 28 heavy (non-hydrogen) atoms. The van der Waals surface area contributed by atoms with Gasteiger partial charge in [0, 0.05) is 13.1 Å². The van der Waals surface area contributed by atoms with Crippen LogP contribution in [0.3, 0.4) is 0 Å². The smallest absolute Gasteiger partial charge is 0.240 e. The molecule has 2 aromatic carbocycles. The number of likely N-dealkylation sites (N-methyl/N-ethyl adjacent to an activating group) is 2. The number of hydrogen-bond acceptors (Lipinski definition) is 3. The van der Waals surface area contributed by atoms with Crippen molar-refractivity contribution < 1.29 is 14.0 Å². The highest BCUT2D eigenvalue weighted by Crippen LogP contribution is 2.34. The zero-order chi connectivity index (χ0) is 20.3. The van der Waals surface area contributed by atoms with Crippen LogP contribution in [0.2, 0.25) is 0 Å². The Labute approximate surface area is 165 Å². The van der Waals surface area contributed by atoms with E-state index in [-0.39, 0.29) is 30.5 Å². The van der Waals surface area contributed by atoms with Gasteiger partial charge in [0.05, 0.1) is 12.7 Å². The highest BCUT2D eigenvalue weighted by molar-refractivity contribution is 5.79. The number of nitrogens with zero attached hydrogens (tertiary/aromatic N) is 2. The Morgan fingerprint density at radius 2 is 1.96 bits per heavy atom. The minimum Gasteiger partial charge on any atom is -0.339 e. The van der Waals surface area contributed by atoms with E-state index in [0.717, 1.165) is 17.5 Å². The van der Waals surface area contributed by atoms with E-state index in [1.54, 1.807) is 13.1 Å². The topological polar surface area (TPSA) is 52.7 Å². The number of hydrogen-bond donors (Lipinski definition) is 1. The number of halogens is 1. The second-order valence-electron chi connectivity index (χ2n) is 7.44. The van der Waals surface area contributed by atoms with Crippen LogP contribution in [0.5, 0.6) is 0 Å². The number of nitrogens with one attached hydrogen (secondary N) is 1. The van der Waals surface area contributed by atoms with Gasteiger partial charge in [-0.2, -0.15) is 0 Å². The molecule has 0 aromatic heterocycles. The van der Waals surface area contributed by atoms with Gasteiger partial charge < -0.3 is 10.2 Å². The minimum absolute atomic E-state index is 0.00153. The summed E-state index contributed by atoms with van der Waals surface area (Å²) in [5.74, 6) is -0.452. The lowest BCUT2D eigenvalue weighted by molar-refractivity contribution is -0.128. The first-order valence-corrected chi connectivity index (χ1v) is 9.41. The van der Waals surface area contributed by atoms with Gasteiger partial charge in [-0.25, -0.2) is 4.39 Å². The fraction of sp³-hybridized carbons (Fsp3) is 0.364. The van der Waals surface area contributed by atoms with Crippen LogP contribution in [-0.2, 0) is 22.4 Å². The highest BCUT2D eigenvalue weighted by Gasteiger charge is 2.28. The van der Waals surface area contributed by atoms with Crippen molar-refractivity contribution in [2.75, 3.05) is 20.6 Å². The molecule has 1 N–H and O–H groups in total. The second kappa shape index (κ2) is 8.52. The van der Waals surface area contributed by atoms with Crippen LogP contribution in [0.1, 0.15) is 35.2 Å². The number of amides is 2. The molecule has 0 bridgehead atoms. The van der Waals surface area contributed by atoms with Crippen LogP contribution in [0.4, 0.5) is 4.39 Å². The third-order valence-corrected chi connectivity index (χ3v) is 5.42.